The van der Waals surface area contributed by atoms with Gasteiger partial charge in [0.15, 0.2) is 0 Å². The highest BCUT2D eigenvalue weighted by Crippen LogP contribution is 2.12. The summed E-state index contributed by atoms with van der Waals surface area (Å²) in [5, 5.41) is 0. The summed E-state index contributed by atoms with van der Waals surface area (Å²) >= 11 is 0. The van der Waals surface area contributed by atoms with Gasteiger partial charge in [0.25, 0.3) is 0 Å². The zero-order valence-corrected chi connectivity index (χ0v) is 9.84. The number of hydrogen-bond acceptors (Lipinski definition) is 1. The van der Waals surface area contributed by atoms with Crippen molar-refractivity contribution in [2.75, 3.05) is 0 Å². The molecule has 0 spiro atoms. The minimum Gasteiger partial charge on any atom is -0.405 e. The Labute approximate surface area is 103 Å². The minimum atomic E-state index is 0.923. The molecule has 2 rings (SSSR count). The van der Waals surface area contributed by atoms with Crippen LogP contribution in [0.2, 0.25) is 0 Å². The Morgan fingerprint density at radius 3 is 1.53 bits per heavy atom. The van der Waals surface area contributed by atoms with Gasteiger partial charge >= 0.3 is 0 Å². The SMILES string of the molecule is NC=C(Cc1ccccc1)Cc1ccccc1. The first-order chi connectivity index (χ1) is 8.38. The van der Waals surface area contributed by atoms with Crippen molar-refractivity contribution in [2.24, 2.45) is 5.73 Å². The molecule has 0 aliphatic rings. The summed E-state index contributed by atoms with van der Waals surface area (Å²) in [6.45, 7) is 0. The van der Waals surface area contributed by atoms with Gasteiger partial charge in [-0.25, -0.2) is 0 Å². The molecule has 0 atom stereocenters. The molecule has 0 aliphatic heterocycles. The first kappa shape index (κ1) is 11.5. The Kier molecular flexibility index (Phi) is 3.98. The average Bonchev–Trinajstić information content (AvgIpc) is 2.40. The quantitative estimate of drug-likeness (QED) is 0.845. The molecule has 2 aromatic carbocycles. The molecule has 0 bridgehead atoms. The van der Waals surface area contributed by atoms with E-state index in [1.807, 2.05) is 12.1 Å². The molecule has 0 saturated carbocycles. The van der Waals surface area contributed by atoms with Gasteiger partial charge in [0.05, 0.1) is 0 Å². The molecule has 0 aliphatic carbocycles. The first-order valence-corrected chi connectivity index (χ1v) is 5.86. The number of rotatable bonds is 4. The molecule has 0 heterocycles. The van der Waals surface area contributed by atoms with Gasteiger partial charge in [-0.2, -0.15) is 0 Å². The summed E-state index contributed by atoms with van der Waals surface area (Å²) < 4.78 is 0. The second-order valence-electron chi connectivity index (χ2n) is 4.15. The van der Waals surface area contributed by atoms with Gasteiger partial charge in [-0.05, 0) is 35.7 Å². The third-order valence-corrected chi connectivity index (χ3v) is 2.78. The number of allylic oxidation sites excluding steroid dienone is 1. The lowest BCUT2D eigenvalue weighted by molar-refractivity contribution is 1.02. The Morgan fingerprint density at radius 1 is 0.765 bits per heavy atom. The second kappa shape index (κ2) is 5.90. The highest BCUT2D eigenvalue weighted by Gasteiger charge is 2.00. The van der Waals surface area contributed by atoms with Crippen LogP contribution >= 0.6 is 0 Å². The Bertz CT molecular complexity index is 428. The van der Waals surface area contributed by atoms with Crippen LogP contribution in [0.3, 0.4) is 0 Å². The van der Waals surface area contributed by atoms with E-state index >= 15 is 0 Å². The van der Waals surface area contributed by atoms with Crippen LogP contribution in [0, 0.1) is 0 Å². The maximum atomic E-state index is 5.71. The van der Waals surface area contributed by atoms with Crippen molar-refractivity contribution < 1.29 is 0 Å². The lowest BCUT2D eigenvalue weighted by Gasteiger charge is -2.07. The highest BCUT2D eigenvalue weighted by molar-refractivity contribution is 5.26. The van der Waals surface area contributed by atoms with Crippen LogP contribution in [-0.2, 0) is 12.8 Å². The maximum absolute atomic E-state index is 5.71. The van der Waals surface area contributed by atoms with Crippen molar-refractivity contribution in [2.45, 2.75) is 12.8 Å². The van der Waals surface area contributed by atoms with Crippen molar-refractivity contribution in [3.8, 4) is 0 Å². The smallest absolute Gasteiger partial charge is 0.00465 e. The second-order valence-corrected chi connectivity index (χ2v) is 4.15. The Balaban J connectivity index is 2.04. The molecular formula is C16H17N. The zero-order valence-electron chi connectivity index (χ0n) is 9.84. The van der Waals surface area contributed by atoms with Crippen molar-refractivity contribution in [3.63, 3.8) is 0 Å². The third-order valence-electron chi connectivity index (χ3n) is 2.78. The van der Waals surface area contributed by atoms with Crippen molar-refractivity contribution >= 4 is 0 Å². The Morgan fingerprint density at radius 2 is 1.18 bits per heavy atom. The van der Waals surface area contributed by atoms with Crippen LogP contribution < -0.4 is 5.73 Å². The molecule has 0 unspecified atom stereocenters. The Hall–Kier alpha value is -2.02. The molecule has 0 aromatic heterocycles. The summed E-state index contributed by atoms with van der Waals surface area (Å²) in [7, 11) is 0. The molecular weight excluding hydrogens is 206 g/mol. The van der Waals surface area contributed by atoms with Gasteiger partial charge in [-0.15, -0.1) is 0 Å². The van der Waals surface area contributed by atoms with Gasteiger partial charge in [-0.3, -0.25) is 0 Å². The molecule has 17 heavy (non-hydrogen) atoms. The number of hydrogen-bond donors (Lipinski definition) is 1. The van der Waals surface area contributed by atoms with E-state index in [-0.39, 0.29) is 0 Å². The minimum absolute atomic E-state index is 0.923. The van der Waals surface area contributed by atoms with Gasteiger partial charge < -0.3 is 5.73 Å². The predicted molar refractivity (Wildman–Crippen MR) is 72.6 cm³/mol. The molecule has 0 radical (unpaired) electrons. The van der Waals surface area contributed by atoms with Crippen LogP contribution in [0.15, 0.2) is 72.4 Å². The van der Waals surface area contributed by atoms with Gasteiger partial charge in [0, 0.05) is 0 Å². The molecule has 0 saturated heterocycles. The standard InChI is InChI=1S/C16H17N/c17-13-16(11-14-7-3-1-4-8-14)12-15-9-5-2-6-10-15/h1-10,13H,11-12,17H2. The van der Waals surface area contributed by atoms with Gasteiger partial charge in [-0.1, -0.05) is 60.7 Å². The van der Waals surface area contributed by atoms with Crippen LogP contribution in [0.5, 0.6) is 0 Å². The number of benzene rings is 2. The molecule has 1 nitrogen and oxygen atoms in total. The van der Waals surface area contributed by atoms with Crippen LogP contribution in [0.25, 0.3) is 0 Å². The number of nitrogens with two attached hydrogens (primary N) is 1. The van der Waals surface area contributed by atoms with Crippen molar-refractivity contribution in [1.29, 1.82) is 0 Å². The first-order valence-electron chi connectivity index (χ1n) is 5.86. The molecule has 0 fully saturated rings. The molecule has 2 N–H and O–H groups in total. The predicted octanol–water partition coefficient (Wildman–Crippen LogP) is 3.31. The zero-order chi connectivity index (χ0) is 11.9. The van der Waals surface area contributed by atoms with E-state index < -0.39 is 0 Å². The van der Waals surface area contributed by atoms with E-state index in [2.05, 4.69) is 48.5 Å². The fourth-order valence-electron chi connectivity index (χ4n) is 1.90. The van der Waals surface area contributed by atoms with Crippen LogP contribution in [0.4, 0.5) is 0 Å². The van der Waals surface area contributed by atoms with E-state index in [4.69, 9.17) is 5.73 Å². The van der Waals surface area contributed by atoms with E-state index in [1.165, 1.54) is 16.7 Å². The van der Waals surface area contributed by atoms with Crippen molar-refractivity contribution in [1.82, 2.24) is 0 Å². The largest absolute Gasteiger partial charge is 0.405 e. The van der Waals surface area contributed by atoms with E-state index in [9.17, 15) is 0 Å². The van der Waals surface area contributed by atoms with Gasteiger partial charge in [0.1, 0.15) is 0 Å². The average molecular weight is 223 g/mol. The monoisotopic (exact) mass is 223 g/mol. The normalized spacial score (nSPS) is 9.88. The molecule has 86 valence electrons. The van der Waals surface area contributed by atoms with Crippen LogP contribution in [-0.4, -0.2) is 0 Å². The van der Waals surface area contributed by atoms with Gasteiger partial charge in [0.2, 0.25) is 0 Å². The van der Waals surface area contributed by atoms with Crippen molar-refractivity contribution in [3.05, 3.63) is 83.6 Å². The summed E-state index contributed by atoms with van der Waals surface area (Å²) in [6, 6.07) is 20.8. The van der Waals surface area contributed by atoms with E-state index in [1.54, 1.807) is 6.20 Å². The lowest BCUT2D eigenvalue weighted by Crippen LogP contribution is -1.98. The third kappa shape index (κ3) is 3.49. The van der Waals surface area contributed by atoms with E-state index in [0.717, 1.165) is 12.8 Å². The highest BCUT2D eigenvalue weighted by atomic mass is 14.5. The molecule has 0 amide bonds. The lowest BCUT2D eigenvalue weighted by atomic mass is 9.99. The van der Waals surface area contributed by atoms with Crippen LogP contribution in [0.1, 0.15) is 11.1 Å². The van der Waals surface area contributed by atoms with E-state index in [0.29, 0.717) is 0 Å². The fraction of sp³-hybridized carbons (Fsp3) is 0.125. The summed E-state index contributed by atoms with van der Waals surface area (Å²) in [4.78, 5) is 0. The topological polar surface area (TPSA) is 26.0 Å². The fourth-order valence-corrected chi connectivity index (χ4v) is 1.90. The molecule has 1 heteroatoms. The maximum Gasteiger partial charge on any atom is -0.00465 e. The summed E-state index contributed by atoms with van der Waals surface area (Å²) in [6.07, 6.45) is 3.58. The summed E-state index contributed by atoms with van der Waals surface area (Å²) in [5.41, 5.74) is 9.57. The molecule has 2 aromatic rings. The summed E-state index contributed by atoms with van der Waals surface area (Å²) in [5.74, 6) is 0.